The summed E-state index contributed by atoms with van der Waals surface area (Å²) in [6.07, 6.45) is -0.571. The van der Waals surface area contributed by atoms with E-state index in [9.17, 15) is 9.18 Å². The van der Waals surface area contributed by atoms with Gasteiger partial charge in [-0.05, 0) is 36.4 Å². The Morgan fingerprint density at radius 1 is 1.15 bits per heavy atom. The number of benzene rings is 2. The molecule has 5 rings (SSSR count). The quantitative estimate of drug-likeness (QED) is 0.551. The lowest BCUT2D eigenvalue weighted by Gasteiger charge is -2.38. The molecule has 1 unspecified atom stereocenters. The number of aromatic nitrogens is 1. The van der Waals surface area contributed by atoms with E-state index in [0.29, 0.717) is 57.5 Å². The zero-order valence-electron chi connectivity index (χ0n) is 18.0. The molecule has 2 aromatic carbocycles. The van der Waals surface area contributed by atoms with E-state index in [1.807, 2.05) is 34.5 Å². The number of thiazole rings is 1. The van der Waals surface area contributed by atoms with Crippen LogP contribution in [0.1, 0.15) is 10.7 Å². The first kappa shape index (κ1) is 21.7. The van der Waals surface area contributed by atoms with Gasteiger partial charge in [0.1, 0.15) is 28.9 Å². The maximum Gasteiger partial charge on any atom is 0.265 e. The molecule has 2 aliphatic heterocycles. The fourth-order valence-corrected chi connectivity index (χ4v) is 4.63. The van der Waals surface area contributed by atoms with E-state index in [2.05, 4.69) is 4.90 Å². The number of anilines is 1. The second-order valence-electron chi connectivity index (χ2n) is 7.87. The van der Waals surface area contributed by atoms with Gasteiger partial charge in [0.25, 0.3) is 5.91 Å². The van der Waals surface area contributed by atoms with Crippen LogP contribution in [0.3, 0.4) is 0 Å². The zero-order valence-corrected chi connectivity index (χ0v) is 18.8. The van der Waals surface area contributed by atoms with Gasteiger partial charge in [0.15, 0.2) is 6.10 Å². The van der Waals surface area contributed by atoms with Crippen molar-refractivity contribution in [3.8, 4) is 11.5 Å². The second kappa shape index (κ2) is 9.76. The van der Waals surface area contributed by atoms with Crippen LogP contribution < -0.4 is 14.4 Å². The molecule has 1 atom stereocenters. The van der Waals surface area contributed by atoms with Crippen LogP contribution >= 0.6 is 11.3 Å². The van der Waals surface area contributed by atoms with Gasteiger partial charge in [0.2, 0.25) is 0 Å². The van der Waals surface area contributed by atoms with Crippen LogP contribution in [0.2, 0.25) is 0 Å². The summed E-state index contributed by atoms with van der Waals surface area (Å²) < 4.78 is 30.2. The van der Waals surface area contributed by atoms with Gasteiger partial charge < -0.3 is 24.0 Å². The smallest absolute Gasteiger partial charge is 0.265 e. The van der Waals surface area contributed by atoms with Crippen LogP contribution in [0.4, 0.5) is 10.1 Å². The SMILES string of the molecule is O=C(C1CN(Cc2csc(COc3ccc(F)cc3)n2)c2ccccc2O1)N1CCOCC1. The Balaban J connectivity index is 1.27. The van der Waals surface area contributed by atoms with Crippen molar-refractivity contribution >= 4 is 22.9 Å². The summed E-state index contributed by atoms with van der Waals surface area (Å²) in [6, 6.07) is 13.7. The van der Waals surface area contributed by atoms with Crippen LogP contribution in [0.15, 0.2) is 53.9 Å². The van der Waals surface area contributed by atoms with Crippen molar-refractivity contribution in [2.75, 3.05) is 37.7 Å². The third-order valence-corrected chi connectivity index (χ3v) is 6.46. The molecule has 0 N–H and O–H groups in total. The van der Waals surface area contributed by atoms with Crippen molar-refractivity contribution in [3.05, 3.63) is 70.4 Å². The highest BCUT2D eigenvalue weighted by Crippen LogP contribution is 2.34. The Labute approximate surface area is 195 Å². The first-order valence-corrected chi connectivity index (χ1v) is 11.7. The van der Waals surface area contributed by atoms with Crippen molar-refractivity contribution in [1.29, 1.82) is 0 Å². The Morgan fingerprint density at radius 3 is 2.76 bits per heavy atom. The van der Waals surface area contributed by atoms with E-state index in [4.69, 9.17) is 19.2 Å². The number of halogens is 1. The summed E-state index contributed by atoms with van der Waals surface area (Å²) in [7, 11) is 0. The lowest BCUT2D eigenvalue weighted by atomic mass is 10.1. The topological polar surface area (TPSA) is 64.1 Å². The standard InChI is InChI=1S/C24H24FN3O4S/c25-17-5-7-19(8-6-17)31-15-23-26-18(16-33-23)13-28-14-22(24(29)27-9-11-30-12-10-27)32-21-4-2-1-3-20(21)28/h1-8,16,22H,9-15H2. The van der Waals surface area contributed by atoms with Crippen molar-refractivity contribution < 1.29 is 23.4 Å². The van der Waals surface area contributed by atoms with E-state index in [-0.39, 0.29) is 11.7 Å². The monoisotopic (exact) mass is 469 g/mol. The molecule has 1 fully saturated rings. The zero-order chi connectivity index (χ0) is 22.6. The van der Waals surface area contributed by atoms with Gasteiger partial charge in [-0.2, -0.15) is 0 Å². The lowest BCUT2D eigenvalue weighted by Crippen LogP contribution is -2.52. The number of fused-ring (bicyclic) bond motifs is 1. The van der Waals surface area contributed by atoms with E-state index in [1.54, 1.807) is 12.1 Å². The summed E-state index contributed by atoms with van der Waals surface area (Å²) in [6.45, 7) is 3.61. The molecular weight excluding hydrogens is 445 g/mol. The third kappa shape index (κ3) is 5.09. The minimum Gasteiger partial charge on any atom is -0.486 e. The number of nitrogens with zero attached hydrogens (tertiary/aromatic N) is 3. The number of hydrogen-bond acceptors (Lipinski definition) is 7. The average Bonchev–Trinajstić information content (AvgIpc) is 3.31. The number of ether oxygens (including phenoxy) is 3. The van der Waals surface area contributed by atoms with Gasteiger partial charge in [-0.1, -0.05) is 12.1 Å². The molecular formula is C24H24FN3O4S. The molecule has 9 heteroatoms. The van der Waals surface area contributed by atoms with Crippen LogP contribution in [-0.4, -0.2) is 54.7 Å². The molecule has 7 nitrogen and oxygen atoms in total. The number of carbonyl (C=O) groups is 1. The number of amides is 1. The van der Waals surface area contributed by atoms with Crippen LogP contribution in [0, 0.1) is 5.82 Å². The Hall–Kier alpha value is -3.17. The average molecular weight is 470 g/mol. The molecule has 172 valence electrons. The second-order valence-corrected chi connectivity index (χ2v) is 8.81. The highest BCUT2D eigenvalue weighted by Gasteiger charge is 2.34. The minimum absolute atomic E-state index is 0.00975. The lowest BCUT2D eigenvalue weighted by molar-refractivity contribution is -0.142. The van der Waals surface area contributed by atoms with E-state index < -0.39 is 6.10 Å². The van der Waals surface area contributed by atoms with Crippen LogP contribution in [-0.2, 0) is 22.7 Å². The fourth-order valence-electron chi connectivity index (χ4n) is 3.93. The summed E-state index contributed by atoms with van der Waals surface area (Å²) in [5, 5.41) is 2.83. The van der Waals surface area contributed by atoms with Crippen molar-refractivity contribution in [3.63, 3.8) is 0 Å². The molecule has 0 radical (unpaired) electrons. The van der Waals surface area contributed by atoms with Gasteiger partial charge in [0.05, 0.1) is 37.7 Å². The number of morpholine rings is 1. The highest BCUT2D eigenvalue weighted by molar-refractivity contribution is 7.09. The number of rotatable bonds is 6. The maximum atomic E-state index is 13.1. The van der Waals surface area contributed by atoms with Gasteiger partial charge in [-0.25, -0.2) is 9.37 Å². The van der Waals surface area contributed by atoms with Gasteiger partial charge >= 0.3 is 0 Å². The van der Waals surface area contributed by atoms with Gasteiger partial charge in [-0.3, -0.25) is 4.79 Å². The molecule has 0 bridgehead atoms. The number of hydrogen-bond donors (Lipinski definition) is 0. The molecule has 3 aromatic rings. The molecule has 0 spiro atoms. The molecule has 0 saturated carbocycles. The van der Waals surface area contributed by atoms with E-state index >= 15 is 0 Å². The molecule has 1 saturated heterocycles. The van der Waals surface area contributed by atoms with E-state index in [1.165, 1.54) is 23.5 Å². The summed E-state index contributed by atoms with van der Waals surface area (Å²) in [5.41, 5.74) is 1.84. The fraction of sp³-hybridized carbons (Fsp3) is 0.333. The summed E-state index contributed by atoms with van der Waals surface area (Å²) >= 11 is 1.51. The Bertz CT molecular complexity index is 1100. The summed E-state index contributed by atoms with van der Waals surface area (Å²) in [4.78, 5) is 21.7. The van der Waals surface area contributed by atoms with Crippen molar-refractivity contribution in [1.82, 2.24) is 9.88 Å². The largest absolute Gasteiger partial charge is 0.486 e. The van der Waals surface area contributed by atoms with Crippen molar-refractivity contribution in [2.45, 2.75) is 19.3 Å². The maximum absolute atomic E-state index is 13.1. The Kier molecular flexibility index (Phi) is 6.41. The molecule has 1 aromatic heterocycles. The third-order valence-electron chi connectivity index (χ3n) is 5.59. The number of carbonyl (C=O) groups excluding carboxylic acids is 1. The minimum atomic E-state index is -0.571. The van der Waals surface area contributed by atoms with Gasteiger partial charge in [-0.15, -0.1) is 11.3 Å². The first-order valence-electron chi connectivity index (χ1n) is 10.8. The summed E-state index contributed by atoms with van der Waals surface area (Å²) in [5.74, 6) is 0.990. The number of para-hydroxylation sites is 2. The molecule has 0 aliphatic carbocycles. The van der Waals surface area contributed by atoms with Crippen LogP contribution in [0.5, 0.6) is 11.5 Å². The molecule has 1 amide bonds. The molecule has 2 aliphatic rings. The van der Waals surface area contributed by atoms with Crippen molar-refractivity contribution in [2.24, 2.45) is 0 Å². The van der Waals surface area contributed by atoms with Crippen LogP contribution in [0.25, 0.3) is 0 Å². The Morgan fingerprint density at radius 2 is 1.94 bits per heavy atom. The predicted octanol–water partition coefficient (Wildman–Crippen LogP) is 3.49. The molecule has 33 heavy (non-hydrogen) atoms. The molecule has 3 heterocycles. The first-order chi connectivity index (χ1) is 16.2. The highest BCUT2D eigenvalue weighted by atomic mass is 32.1. The normalized spacial score (nSPS) is 17.9. The predicted molar refractivity (Wildman–Crippen MR) is 122 cm³/mol. The van der Waals surface area contributed by atoms with E-state index in [0.717, 1.165) is 16.4 Å². The van der Waals surface area contributed by atoms with Gasteiger partial charge in [0, 0.05) is 18.5 Å².